The Morgan fingerprint density at radius 3 is 2.20 bits per heavy atom. The van der Waals surface area contributed by atoms with E-state index < -0.39 is 0 Å². The van der Waals surface area contributed by atoms with Gasteiger partial charge in [-0.25, -0.2) is 0 Å². The van der Waals surface area contributed by atoms with E-state index in [0.29, 0.717) is 0 Å². The average Bonchev–Trinajstić information content (AvgIpc) is 2.77. The van der Waals surface area contributed by atoms with E-state index in [9.17, 15) is 0 Å². The van der Waals surface area contributed by atoms with Crippen molar-refractivity contribution in [3.8, 4) is 0 Å². The number of hydrogen-bond donors (Lipinski definition) is 0. The highest BCUT2D eigenvalue weighted by Crippen LogP contribution is 2.67. The van der Waals surface area contributed by atoms with Gasteiger partial charge in [-0.15, -0.1) is 0 Å². The molecule has 1 aliphatic rings. The molecule has 108 valence electrons. The third kappa shape index (κ3) is 3.35. The van der Waals surface area contributed by atoms with Crippen LogP contribution in [0.5, 0.6) is 0 Å². The van der Waals surface area contributed by atoms with Crippen molar-refractivity contribution >= 4 is 21.1 Å². The summed E-state index contributed by atoms with van der Waals surface area (Å²) < 4.78 is 0. The van der Waals surface area contributed by atoms with Gasteiger partial charge in [0.2, 0.25) is 0 Å². The number of aryl methyl sites for hydroxylation is 3. The van der Waals surface area contributed by atoms with Crippen molar-refractivity contribution in [1.29, 1.82) is 0 Å². The van der Waals surface area contributed by atoms with Crippen LogP contribution in [0.15, 0.2) is 23.0 Å². The Bertz CT molecular complexity index is 501. The molecule has 0 amide bonds. The highest BCUT2D eigenvalue weighted by Gasteiger charge is 2.30. The first-order valence-corrected chi connectivity index (χ1v) is 10.5. The molecule has 1 aromatic rings. The van der Waals surface area contributed by atoms with E-state index in [2.05, 4.69) is 59.6 Å². The predicted octanol–water partition coefficient (Wildman–Crippen LogP) is 5.91. The molecule has 2 unspecified atom stereocenters. The zero-order chi connectivity index (χ0) is 14.9. The van der Waals surface area contributed by atoms with Gasteiger partial charge in [-0.2, -0.15) is 0 Å². The summed E-state index contributed by atoms with van der Waals surface area (Å²) in [5, 5.41) is 3.30. The molecule has 0 nitrogen and oxygen atoms in total. The molecule has 1 aromatic carbocycles. The summed E-state index contributed by atoms with van der Waals surface area (Å²) in [5.74, 6) is 4.01. The second-order valence-electron chi connectivity index (χ2n) is 5.95. The van der Waals surface area contributed by atoms with Crippen LogP contribution in [0.3, 0.4) is 0 Å². The predicted molar refractivity (Wildman–Crippen MR) is 95.8 cm³/mol. The first-order chi connectivity index (χ1) is 9.43. The molecule has 0 saturated carbocycles. The average molecular weight is 304 g/mol. The van der Waals surface area contributed by atoms with Gasteiger partial charge < -0.3 is 0 Å². The van der Waals surface area contributed by atoms with Gasteiger partial charge in [0.05, 0.1) is 0 Å². The fourth-order valence-electron chi connectivity index (χ4n) is 3.22. The highest BCUT2D eigenvalue weighted by atomic mass is 31.2. The second kappa shape index (κ2) is 6.72. The Balaban J connectivity index is 2.24. The Hall–Kier alpha value is -0.180. The van der Waals surface area contributed by atoms with Crippen LogP contribution in [0, 0.1) is 26.7 Å². The monoisotopic (exact) mass is 304 g/mol. The van der Waals surface area contributed by atoms with Gasteiger partial charge in [0.25, 0.3) is 0 Å². The van der Waals surface area contributed by atoms with Gasteiger partial charge in [-0.1, -0.05) is 46.0 Å². The molecule has 2 atom stereocenters. The largest absolute Gasteiger partial charge is 0.0727 e. The molecular weight excluding hydrogens is 278 g/mol. The van der Waals surface area contributed by atoms with Crippen LogP contribution in [0.4, 0.5) is 0 Å². The van der Waals surface area contributed by atoms with Crippen LogP contribution >= 0.6 is 15.8 Å². The SMILES string of the molecule is CCC(=C(C)C)P1[C]P(c2c(C)cc(C)cc2C)CC1. The summed E-state index contributed by atoms with van der Waals surface area (Å²) in [4.78, 5) is 0. The number of benzene rings is 1. The minimum atomic E-state index is -0.152. The van der Waals surface area contributed by atoms with Crippen molar-refractivity contribution in [3.05, 3.63) is 45.6 Å². The minimum absolute atomic E-state index is 0.0850. The van der Waals surface area contributed by atoms with Gasteiger partial charge in [-0.05, 0) is 75.1 Å². The quantitative estimate of drug-likeness (QED) is 0.608. The van der Waals surface area contributed by atoms with Crippen molar-refractivity contribution in [2.45, 2.75) is 48.0 Å². The van der Waals surface area contributed by atoms with E-state index in [1.54, 1.807) is 10.6 Å². The molecule has 2 radical (unpaired) electrons. The van der Waals surface area contributed by atoms with Crippen LogP contribution in [0.1, 0.15) is 43.9 Å². The first-order valence-electron chi connectivity index (χ1n) is 7.49. The molecule has 2 rings (SSSR count). The number of allylic oxidation sites excluding steroid dienone is 2. The summed E-state index contributed by atoms with van der Waals surface area (Å²) in [7, 11) is -0.237. The zero-order valence-corrected chi connectivity index (χ0v) is 15.5. The molecule has 1 saturated heterocycles. The number of hydrogen-bond acceptors (Lipinski definition) is 0. The van der Waals surface area contributed by atoms with Gasteiger partial charge in [0.15, 0.2) is 0 Å². The molecule has 0 aliphatic carbocycles. The van der Waals surface area contributed by atoms with E-state index in [4.69, 9.17) is 0 Å². The van der Waals surface area contributed by atoms with E-state index in [1.807, 2.05) is 0 Å². The summed E-state index contributed by atoms with van der Waals surface area (Å²) in [5.41, 5.74) is 5.88. The van der Waals surface area contributed by atoms with Gasteiger partial charge in [0, 0.05) is 5.90 Å². The third-order valence-electron chi connectivity index (χ3n) is 3.93. The highest BCUT2D eigenvalue weighted by molar-refractivity contribution is 7.87. The summed E-state index contributed by atoms with van der Waals surface area (Å²) in [6, 6.07) is 4.68. The Morgan fingerprint density at radius 2 is 1.70 bits per heavy atom. The minimum Gasteiger partial charge on any atom is -0.0727 e. The third-order valence-corrected chi connectivity index (χ3v) is 10.2. The molecule has 0 N–H and O–H groups in total. The topological polar surface area (TPSA) is 0 Å². The molecule has 1 heterocycles. The maximum Gasteiger partial charge on any atom is 0.0491 e. The fourth-order valence-corrected chi connectivity index (χ4v) is 10.1. The second-order valence-corrected chi connectivity index (χ2v) is 10.3. The van der Waals surface area contributed by atoms with Gasteiger partial charge in [0.1, 0.15) is 0 Å². The zero-order valence-electron chi connectivity index (χ0n) is 13.7. The van der Waals surface area contributed by atoms with Crippen LogP contribution in [-0.2, 0) is 0 Å². The van der Waals surface area contributed by atoms with Gasteiger partial charge in [-0.3, -0.25) is 0 Å². The lowest BCUT2D eigenvalue weighted by atomic mass is 10.1. The Labute approximate surface area is 127 Å². The number of rotatable bonds is 3. The van der Waals surface area contributed by atoms with Crippen molar-refractivity contribution in [2.24, 2.45) is 0 Å². The van der Waals surface area contributed by atoms with E-state index in [-0.39, 0.29) is 15.8 Å². The lowest BCUT2D eigenvalue weighted by Gasteiger charge is -2.19. The van der Waals surface area contributed by atoms with Crippen LogP contribution < -0.4 is 5.30 Å². The fraction of sp³-hybridized carbons (Fsp3) is 0.500. The molecular formula is C18H26P2. The molecule has 0 bridgehead atoms. The Kier molecular flexibility index (Phi) is 5.44. The lowest BCUT2D eigenvalue weighted by Crippen LogP contribution is -2.10. The molecule has 2 heteroatoms. The van der Waals surface area contributed by atoms with E-state index in [1.165, 1.54) is 41.0 Å². The van der Waals surface area contributed by atoms with Crippen LogP contribution in [0.2, 0.25) is 0 Å². The van der Waals surface area contributed by atoms with Crippen molar-refractivity contribution in [3.63, 3.8) is 0 Å². The normalized spacial score (nSPS) is 22.1. The summed E-state index contributed by atoms with van der Waals surface area (Å²) in [6.45, 7) is 13.6. The smallest absolute Gasteiger partial charge is 0.0491 e. The Morgan fingerprint density at radius 1 is 1.10 bits per heavy atom. The van der Waals surface area contributed by atoms with Crippen LogP contribution in [0.25, 0.3) is 0 Å². The van der Waals surface area contributed by atoms with Crippen molar-refractivity contribution < 1.29 is 0 Å². The maximum atomic E-state index is 4.01. The molecule has 20 heavy (non-hydrogen) atoms. The van der Waals surface area contributed by atoms with Crippen molar-refractivity contribution in [2.75, 3.05) is 12.3 Å². The lowest BCUT2D eigenvalue weighted by molar-refractivity contribution is 1.14. The van der Waals surface area contributed by atoms with Crippen molar-refractivity contribution in [1.82, 2.24) is 0 Å². The van der Waals surface area contributed by atoms with E-state index >= 15 is 0 Å². The van der Waals surface area contributed by atoms with E-state index in [0.717, 1.165) is 0 Å². The molecule has 0 spiro atoms. The van der Waals surface area contributed by atoms with Gasteiger partial charge >= 0.3 is 0 Å². The summed E-state index contributed by atoms with van der Waals surface area (Å²) in [6.07, 6.45) is 3.92. The molecule has 1 fully saturated rings. The maximum absolute atomic E-state index is 4.01. The summed E-state index contributed by atoms with van der Waals surface area (Å²) >= 11 is 0. The molecule has 1 aliphatic heterocycles. The standard InChI is InChI=1S/C18H26P2/c1-7-17(13(2)3)19-8-9-20(12-19)18-15(5)10-14(4)11-16(18)6/h10-11H,7-9H2,1-6H3. The molecule has 0 aromatic heterocycles. The van der Waals surface area contributed by atoms with Crippen LogP contribution in [-0.4, -0.2) is 12.3 Å². The first kappa shape index (κ1) is 16.2.